The fourth-order valence-electron chi connectivity index (χ4n) is 2.54. The van der Waals surface area contributed by atoms with Crippen LogP contribution in [0.1, 0.15) is 15.9 Å². The van der Waals surface area contributed by atoms with Gasteiger partial charge < -0.3 is 14.6 Å². The summed E-state index contributed by atoms with van der Waals surface area (Å²) in [5.41, 5.74) is 2.94. The SMILES string of the molecule is COC(=O)c1ccc(OCc2ccccc2)c(-c2cccc(O)c2)c1. The number of hydrogen-bond acceptors (Lipinski definition) is 4. The minimum absolute atomic E-state index is 0.148. The predicted octanol–water partition coefficient (Wildman–Crippen LogP) is 4.42. The van der Waals surface area contributed by atoms with Crippen molar-refractivity contribution in [3.05, 3.63) is 83.9 Å². The van der Waals surface area contributed by atoms with Gasteiger partial charge in [0.1, 0.15) is 18.1 Å². The lowest BCUT2D eigenvalue weighted by atomic mass is 10.0. The van der Waals surface area contributed by atoms with Crippen LogP contribution in [0.5, 0.6) is 11.5 Å². The van der Waals surface area contributed by atoms with Crippen molar-refractivity contribution in [1.29, 1.82) is 0 Å². The molecule has 0 radical (unpaired) electrons. The molecule has 0 heterocycles. The Labute approximate surface area is 146 Å². The second kappa shape index (κ2) is 7.53. The van der Waals surface area contributed by atoms with Crippen LogP contribution in [0.25, 0.3) is 11.1 Å². The molecule has 0 spiro atoms. The first-order chi connectivity index (χ1) is 12.2. The third-order valence-corrected chi connectivity index (χ3v) is 3.79. The molecule has 0 aromatic heterocycles. The van der Waals surface area contributed by atoms with Crippen LogP contribution < -0.4 is 4.74 Å². The lowest BCUT2D eigenvalue weighted by Crippen LogP contribution is -2.03. The Morgan fingerprint density at radius 3 is 2.48 bits per heavy atom. The minimum atomic E-state index is -0.420. The van der Waals surface area contributed by atoms with Gasteiger partial charge in [-0.2, -0.15) is 0 Å². The van der Waals surface area contributed by atoms with Crippen LogP contribution in [0.2, 0.25) is 0 Å². The lowest BCUT2D eigenvalue weighted by molar-refractivity contribution is 0.0600. The number of phenols is 1. The number of rotatable bonds is 5. The number of phenolic OH excluding ortho intramolecular Hbond substituents is 1. The molecule has 0 fully saturated rings. The van der Waals surface area contributed by atoms with Crippen molar-refractivity contribution in [2.24, 2.45) is 0 Å². The topological polar surface area (TPSA) is 55.8 Å². The standard InChI is InChI=1S/C21H18O4/c1-24-21(23)17-10-11-20(25-14-15-6-3-2-4-7-15)19(13-17)16-8-5-9-18(22)12-16/h2-13,22H,14H2,1H3. The molecule has 0 aliphatic rings. The van der Waals surface area contributed by atoms with Crippen LogP contribution in [0.4, 0.5) is 0 Å². The molecule has 4 heteroatoms. The molecule has 3 aromatic rings. The zero-order chi connectivity index (χ0) is 17.6. The largest absolute Gasteiger partial charge is 0.508 e. The van der Waals surface area contributed by atoms with E-state index in [1.165, 1.54) is 7.11 Å². The van der Waals surface area contributed by atoms with Crippen LogP contribution in [-0.2, 0) is 11.3 Å². The van der Waals surface area contributed by atoms with Crippen molar-refractivity contribution in [1.82, 2.24) is 0 Å². The maximum Gasteiger partial charge on any atom is 0.337 e. The van der Waals surface area contributed by atoms with Crippen LogP contribution in [0.15, 0.2) is 72.8 Å². The number of esters is 1. The Bertz CT molecular complexity index is 872. The van der Waals surface area contributed by atoms with Gasteiger partial charge in [-0.25, -0.2) is 4.79 Å². The highest BCUT2D eigenvalue weighted by molar-refractivity contribution is 5.92. The Kier molecular flexibility index (Phi) is 5.00. The van der Waals surface area contributed by atoms with Gasteiger partial charge in [-0.3, -0.25) is 0 Å². The number of carbonyl (C=O) groups excluding carboxylic acids is 1. The van der Waals surface area contributed by atoms with E-state index in [4.69, 9.17) is 9.47 Å². The van der Waals surface area contributed by atoms with Crippen LogP contribution in [0, 0.1) is 0 Å². The monoisotopic (exact) mass is 334 g/mol. The van der Waals surface area contributed by atoms with Crippen LogP contribution in [0.3, 0.4) is 0 Å². The summed E-state index contributed by atoms with van der Waals surface area (Å²) in [5.74, 6) is 0.355. The predicted molar refractivity (Wildman–Crippen MR) is 95.7 cm³/mol. The van der Waals surface area contributed by atoms with Crippen LogP contribution >= 0.6 is 0 Å². The third-order valence-electron chi connectivity index (χ3n) is 3.79. The molecule has 0 aliphatic carbocycles. The average molecular weight is 334 g/mol. The molecule has 0 saturated heterocycles. The summed E-state index contributed by atoms with van der Waals surface area (Å²) in [5, 5.41) is 9.77. The second-order valence-corrected chi connectivity index (χ2v) is 5.53. The van der Waals surface area contributed by atoms with E-state index in [1.807, 2.05) is 36.4 Å². The lowest BCUT2D eigenvalue weighted by Gasteiger charge is -2.13. The zero-order valence-electron chi connectivity index (χ0n) is 13.8. The summed E-state index contributed by atoms with van der Waals surface area (Å²) >= 11 is 0. The van der Waals surface area contributed by atoms with E-state index in [0.29, 0.717) is 17.9 Å². The summed E-state index contributed by atoms with van der Waals surface area (Å²) in [7, 11) is 1.34. The highest BCUT2D eigenvalue weighted by Crippen LogP contribution is 2.33. The summed E-state index contributed by atoms with van der Waals surface area (Å²) in [6.45, 7) is 0.407. The molecule has 0 bridgehead atoms. The number of hydrogen-bond donors (Lipinski definition) is 1. The maximum atomic E-state index is 11.8. The highest BCUT2D eigenvalue weighted by atomic mass is 16.5. The van der Waals surface area contributed by atoms with Crippen LogP contribution in [-0.4, -0.2) is 18.2 Å². The fraction of sp³-hybridized carbons (Fsp3) is 0.0952. The van der Waals surface area contributed by atoms with E-state index >= 15 is 0 Å². The molecule has 0 atom stereocenters. The Balaban J connectivity index is 1.97. The molecule has 1 N–H and O–H groups in total. The summed E-state index contributed by atoms with van der Waals surface area (Å²) in [6, 6.07) is 21.8. The average Bonchev–Trinajstić information content (AvgIpc) is 2.66. The van der Waals surface area contributed by atoms with E-state index in [-0.39, 0.29) is 5.75 Å². The van der Waals surface area contributed by atoms with E-state index in [1.54, 1.807) is 36.4 Å². The summed E-state index contributed by atoms with van der Waals surface area (Å²) in [6.07, 6.45) is 0. The van der Waals surface area contributed by atoms with Crippen molar-refractivity contribution in [3.63, 3.8) is 0 Å². The summed E-state index contributed by atoms with van der Waals surface area (Å²) < 4.78 is 10.7. The van der Waals surface area contributed by atoms with Gasteiger partial charge in [-0.1, -0.05) is 42.5 Å². The zero-order valence-corrected chi connectivity index (χ0v) is 13.8. The molecule has 3 aromatic carbocycles. The first-order valence-electron chi connectivity index (χ1n) is 7.86. The summed E-state index contributed by atoms with van der Waals surface area (Å²) in [4.78, 5) is 11.8. The number of ether oxygens (including phenoxy) is 2. The van der Waals surface area contributed by atoms with Crippen molar-refractivity contribution in [2.75, 3.05) is 7.11 Å². The third kappa shape index (κ3) is 3.98. The van der Waals surface area contributed by atoms with Gasteiger partial charge in [-0.15, -0.1) is 0 Å². The first-order valence-corrected chi connectivity index (χ1v) is 7.86. The molecule has 4 nitrogen and oxygen atoms in total. The molecule has 25 heavy (non-hydrogen) atoms. The Hall–Kier alpha value is -3.27. The smallest absolute Gasteiger partial charge is 0.337 e. The Morgan fingerprint density at radius 1 is 0.960 bits per heavy atom. The van der Waals surface area contributed by atoms with Crippen molar-refractivity contribution in [3.8, 4) is 22.6 Å². The molecule has 0 aliphatic heterocycles. The van der Waals surface area contributed by atoms with E-state index < -0.39 is 5.97 Å². The molecular weight excluding hydrogens is 316 g/mol. The fourth-order valence-corrected chi connectivity index (χ4v) is 2.54. The van der Waals surface area contributed by atoms with Crippen molar-refractivity contribution in [2.45, 2.75) is 6.61 Å². The molecule has 3 rings (SSSR count). The molecule has 0 unspecified atom stereocenters. The second-order valence-electron chi connectivity index (χ2n) is 5.53. The van der Waals surface area contributed by atoms with Gasteiger partial charge in [0, 0.05) is 5.56 Å². The van der Waals surface area contributed by atoms with E-state index in [9.17, 15) is 9.90 Å². The maximum absolute atomic E-state index is 11.8. The number of methoxy groups -OCH3 is 1. The number of benzene rings is 3. The van der Waals surface area contributed by atoms with E-state index in [0.717, 1.165) is 16.7 Å². The quantitative estimate of drug-likeness (QED) is 0.702. The van der Waals surface area contributed by atoms with E-state index in [2.05, 4.69) is 0 Å². The number of aromatic hydroxyl groups is 1. The van der Waals surface area contributed by atoms with Gasteiger partial charge in [0.15, 0.2) is 0 Å². The Morgan fingerprint density at radius 2 is 1.76 bits per heavy atom. The van der Waals surface area contributed by atoms with Gasteiger partial charge >= 0.3 is 5.97 Å². The van der Waals surface area contributed by atoms with Gasteiger partial charge in [0.2, 0.25) is 0 Å². The first kappa shape index (κ1) is 16.6. The minimum Gasteiger partial charge on any atom is -0.508 e. The van der Waals surface area contributed by atoms with Crippen molar-refractivity contribution >= 4 is 5.97 Å². The van der Waals surface area contributed by atoms with Gasteiger partial charge in [0.05, 0.1) is 12.7 Å². The van der Waals surface area contributed by atoms with Gasteiger partial charge in [-0.05, 0) is 41.5 Å². The van der Waals surface area contributed by atoms with Gasteiger partial charge in [0.25, 0.3) is 0 Å². The number of carbonyl (C=O) groups is 1. The normalized spacial score (nSPS) is 10.3. The molecule has 126 valence electrons. The van der Waals surface area contributed by atoms with Crippen molar-refractivity contribution < 1.29 is 19.4 Å². The highest BCUT2D eigenvalue weighted by Gasteiger charge is 2.13. The molecule has 0 saturated carbocycles. The molecular formula is C21H18O4. The molecule has 0 amide bonds.